The van der Waals surface area contributed by atoms with Crippen LogP contribution in [0.25, 0.3) is 10.8 Å². The summed E-state index contributed by atoms with van der Waals surface area (Å²) in [5.74, 6) is 1.58. The van der Waals surface area contributed by atoms with Crippen molar-refractivity contribution in [3.8, 4) is 17.2 Å². The molecule has 0 fully saturated rings. The van der Waals surface area contributed by atoms with E-state index in [0.29, 0.717) is 18.1 Å². The minimum absolute atomic E-state index is 0.154. The summed E-state index contributed by atoms with van der Waals surface area (Å²) < 4.78 is 16.2. The van der Waals surface area contributed by atoms with E-state index < -0.39 is 0 Å². The first-order valence-corrected chi connectivity index (χ1v) is 9.05. The molecule has 0 aliphatic rings. The molecule has 3 aromatic carbocycles. The Kier molecular flexibility index (Phi) is 6.84. The van der Waals surface area contributed by atoms with Gasteiger partial charge in [-0.25, -0.2) is 5.43 Å². The zero-order chi connectivity index (χ0) is 20.5. The quantitative estimate of drug-likeness (QED) is 0.341. The molecule has 0 aromatic heterocycles. The van der Waals surface area contributed by atoms with Gasteiger partial charge in [-0.3, -0.25) is 4.79 Å². The van der Waals surface area contributed by atoms with Gasteiger partial charge in [0.1, 0.15) is 23.9 Å². The van der Waals surface area contributed by atoms with Crippen LogP contribution in [0.1, 0.15) is 5.56 Å². The molecule has 0 heterocycles. The molecular formula is C23H22N2O4. The van der Waals surface area contributed by atoms with Gasteiger partial charge in [0.2, 0.25) is 0 Å². The normalized spacial score (nSPS) is 10.7. The van der Waals surface area contributed by atoms with Gasteiger partial charge in [-0.2, -0.15) is 5.10 Å². The second-order valence-electron chi connectivity index (χ2n) is 6.06. The first-order chi connectivity index (χ1) is 14.2. The lowest BCUT2D eigenvalue weighted by Crippen LogP contribution is -2.24. The Hall–Kier alpha value is -3.80. The van der Waals surface area contributed by atoms with E-state index in [-0.39, 0.29) is 12.5 Å². The highest BCUT2D eigenvalue weighted by atomic mass is 16.5. The summed E-state index contributed by atoms with van der Waals surface area (Å²) in [7, 11) is 1.59. The fourth-order valence-corrected chi connectivity index (χ4v) is 2.71. The Bertz CT molecular complexity index is 1010. The van der Waals surface area contributed by atoms with Crippen LogP contribution >= 0.6 is 0 Å². The number of ether oxygens (including phenoxy) is 3. The number of carbonyl (C=O) groups is 1. The van der Waals surface area contributed by atoms with Crippen LogP contribution in [0.15, 0.2) is 78.4 Å². The van der Waals surface area contributed by atoms with Gasteiger partial charge in [0.25, 0.3) is 5.91 Å². The Morgan fingerprint density at radius 3 is 2.55 bits per heavy atom. The van der Waals surface area contributed by atoms with Crippen LogP contribution in [0.2, 0.25) is 0 Å². The Morgan fingerprint density at radius 2 is 1.79 bits per heavy atom. The number of hydrazone groups is 1. The van der Waals surface area contributed by atoms with E-state index in [4.69, 9.17) is 14.2 Å². The molecule has 1 amide bonds. The largest absolute Gasteiger partial charge is 0.497 e. The summed E-state index contributed by atoms with van der Waals surface area (Å²) in [6.45, 7) is 3.89. The molecule has 29 heavy (non-hydrogen) atoms. The number of rotatable bonds is 9. The number of benzene rings is 3. The third-order valence-electron chi connectivity index (χ3n) is 4.10. The van der Waals surface area contributed by atoms with Crippen molar-refractivity contribution in [3.05, 3.63) is 78.9 Å². The molecule has 1 N–H and O–H groups in total. The monoisotopic (exact) mass is 390 g/mol. The second-order valence-corrected chi connectivity index (χ2v) is 6.06. The van der Waals surface area contributed by atoms with Crippen molar-refractivity contribution in [2.45, 2.75) is 0 Å². The summed E-state index contributed by atoms with van der Waals surface area (Å²) in [6, 6.07) is 18.7. The fraction of sp³-hybridized carbons (Fsp3) is 0.130. The molecule has 0 unspecified atom stereocenters. The zero-order valence-corrected chi connectivity index (χ0v) is 16.1. The molecular weight excluding hydrogens is 368 g/mol. The summed E-state index contributed by atoms with van der Waals surface area (Å²) in [5.41, 5.74) is 3.26. The van der Waals surface area contributed by atoms with E-state index in [1.807, 2.05) is 36.4 Å². The predicted molar refractivity (Wildman–Crippen MR) is 114 cm³/mol. The lowest BCUT2D eigenvalue weighted by Gasteiger charge is -2.10. The molecule has 3 rings (SSSR count). The number of fused-ring (bicyclic) bond motifs is 1. The third-order valence-corrected chi connectivity index (χ3v) is 4.10. The van der Waals surface area contributed by atoms with Crippen LogP contribution in [0, 0.1) is 0 Å². The van der Waals surface area contributed by atoms with Crippen LogP contribution < -0.4 is 19.6 Å². The predicted octanol–water partition coefficient (Wildman–Crippen LogP) is 3.94. The van der Waals surface area contributed by atoms with Crippen LogP contribution in [0.3, 0.4) is 0 Å². The summed E-state index contributed by atoms with van der Waals surface area (Å²) in [6.07, 6.45) is 3.25. The van der Waals surface area contributed by atoms with Crippen molar-refractivity contribution in [1.82, 2.24) is 5.43 Å². The van der Waals surface area contributed by atoms with Crippen molar-refractivity contribution in [2.75, 3.05) is 20.3 Å². The molecule has 3 aromatic rings. The number of hydrogen-bond donors (Lipinski definition) is 1. The Balaban J connectivity index is 1.66. The number of nitrogens with one attached hydrogen (secondary N) is 1. The van der Waals surface area contributed by atoms with Crippen LogP contribution in [0.4, 0.5) is 0 Å². The van der Waals surface area contributed by atoms with Gasteiger partial charge in [0, 0.05) is 5.56 Å². The number of amides is 1. The molecule has 0 spiro atoms. The molecule has 6 heteroatoms. The molecule has 6 nitrogen and oxygen atoms in total. The van der Waals surface area contributed by atoms with Gasteiger partial charge in [0.05, 0.1) is 13.3 Å². The van der Waals surface area contributed by atoms with Crippen LogP contribution in [0.5, 0.6) is 17.2 Å². The molecule has 0 bridgehead atoms. The number of nitrogens with zero attached hydrogens (tertiary/aromatic N) is 1. The average Bonchev–Trinajstić information content (AvgIpc) is 2.77. The van der Waals surface area contributed by atoms with Crippen molar-refractivity contribution in [1.29, 1.82) is 0 Å². The van der Waals surface area contributed by atoms with Gasteiger partial charge in [-0.15, -0.1) is 0 Å². The van der Waals surface area contributed by atoms with E-state index in [1.54, 1.807) is 43.7 Å². The summed E-state index contributed by atoms with van der Waals surface area (Å²) in [5, 5.41) is 6.09. The highest BCUT2D eigenvalue weighted by Gasteiger charge is 2.07. The first kappa shape index (κ1) is 19.9. The minimum Gasteiger partial charge on any atom is -0.497 e. The maximum atomic E-state index is 12.0. The Labute approximate surface area is 169 Å². The maximum Gasteiger partial charge on any atom is 0.277 e. The van der Waals surface area contributed by atoms with Crippen LogP contribution in [-0.4, -0.2) is 32.4 Å². The lowest BCUT2D eigenvalue weighted by molar-refractivity contribution is -0.123. The third kappa shape index (κ3) is 5.35. The SMILES string of the molecule is C=CCOc1ccc2ccccc2c1C=NNC(=O)COc1ccc(OC)cc1. The van der Waals surface area contributed by atoms with E-state index in [2.05, 4.69) is 17.1 Å². The Morgan fingerprint density at radius 1 is 1.03 bits per heavy atom. The van der Waals surface area contributed by atoms with E-state index in [0.717, 1.165) is 22.1 Å². The van der Waals surface area contributed by atoms with E-state index in [9.17, 15) is 4.79 Å². The van der Waals surface area contributed by atoms with Crippen LogP contribution in [-0.2, 0) is 4.79 Å². The van der Waals surface area contributed by atoms with E-state index >= 15 is 0 Å². The zero-order valence-electron chi connectivity index (χ0n) is 16.1. The molecule has 0 saturated carbocycles. The van der Waals surface area contributed by atoms with Crippen molar-refractivity contribution in [3.63, 3.8) is 0 Å². The highest BCUT2D eigenvalue weighted by Crippen LogP contribution is 2.26. The highest BCUT2D eigenvalue weighted by molar-refractivity contribution is 6.02. The molecule has 0 saturated heterocycles. The van der Waals surface area contributed by atoms with Gasteiger partial charge in [-0.05, 0) is 41.1 Å². The smallest absolute Gasteiger partial charge is 0.277 e. The van der Waals surface area contributed by atoms with E-state index in [1.165, 1.54) is 0 Å². The maximum absolute atomic E-state index is 12.0. The average molecular weight is 390 g/mol. The number of carbonyl (C=O) groups excluding carboxylic acids is 1. The topological polar surface area (TPSA) is 69.2 Å². The van der Waals surface area contributed by atoms with Gasteiger partial charge < -0.3 is 14.2 Å². The molecule has 0 aliphatic carbocycles. The molecule has 0 atom stereocenters. The minimum atomic E-state index is -0.370. The standard InChI is InChI=1S/C23H22N2O4/c1-3-14-28-22-13-8-17-6-4-5-7-20(17)21(22)15-24-25-23(26)16-29-19-11-9-18(27-2)10-12-19/h3-13,15H,1,14,16H2,2H3,(H,25,26). The fourth-order valence-electron chi connectivity index (χ4n) is 2.71. The number of hydrogen-bond acceptors (Lipinski definition) is 5. The van der Waals surface area contributed by atoms with Crippen molar-refractivity contribution in [2.24, 2.45) is 5.10 Å². The lowest BCUT2D eigenvalue weighted by atomic mass is 10.0. The van der Waals surface area contributed by atoms with Gasteiger partial charge in [0.15, 0.2) is 6.61 Å². The second kappa shape index (κ2) is 9.94. The summed E-state index contributed by atoms with van der Waals surface area (Å²) in [4.78, 5) is 12.0. The molecule has 148 valence electrons. The van der Waals surface area contributed by atoms with Crippen molar-refractivity contribution < 1.29 is 19.0 Å². The molecule has 0 aliphatic heterocycles. The molecule has 0 radical (unpaired) electrons. The number of methoxy groups -OCH3 is 1. The van der Waals surface area contributed by atoms with Crippen molar-refractivity contribution >= 4 is 22.9 Å². The van der Waals surface area contributed by atoms with Gasteiger partial charge in [-0.1, -0.05) is 43.0 Å². The summed E-state index contributed by atoms with van der Waals surface area (Å²) >= 11 is 0. The van der Waals surface area contributed by atoms with Gasteiger partial charge >= 0.3 is 0 Å². The first-order valence-electron chi connectivity index (χ1n) is 9.05.